The molecule has 15 heavy (non-hydrogen) atoms. The van der Waals surface area contributed by atoms with Crippen molar-refractivity contribution in [3.63, 3.8) is 0 Å². The summed E-state index contributed by atoms with van der Waals surface area (Å²) in [5.74, 6) is 0. The molecule has 0 saturated heterocycles. The molecule has 0 saturated carbocycles. The monoisotopic (exact) mass is 202 g/mol. The van der Waals surface area contributed by atoms with E-state index in [0.29, 0.717) is 0 Å². The van der Waals surface area contributed by atoms with E-state index in [1.165, 1.54) is 0 Å². The van der Waals surface area contributed by atoms with Gasteiger partial charge in [-0.15, -0.1) is 0 Å². The number of aryl methyl sites for hydroxylation is 2. The Morgan fingerprint density at radius 3 is 2.67 bits per heavy atom. The highest BCUT2D eigenvalue weighted by atomic mass is 16.3. The summed E-state index contributed by atoms with van der Waals surface area (Å²) in [6, 6.07) is 7.90. The van der Waals surface area contributed by atoms with Crippen LogP contribution in [0.15, 0.2) is 30.5 Å². The first-order valence-electron chi connectivity index (χ1n) is 4.94. The molecule has 3 heteroatoms. The van der Waals surface area contributed by atoms with E-state index < -0.39 is 0 Å². The number of hydrogen-bond donors (Lipinski definition) is 1. The highest BCUT2D eigenvalue weighted by Gasteiger charge is 2.04. The summed E-state index contributed by atoms with van der Waals surface area (Å²) in [5.41, 5.74) is 3.98. The first-order chi connectivity index (χ1) is 7.20. The second-order valence-corrected chi connectivity index (χ2v) is 3.69. The number of aliphatic hydroxyl groups excluding tert-OH is 1. The van der Waals surface area contributed by atoms with Crippen LogP contribution in [0.25, 0.3) is 5.69 Å². The van der Waals surface area contributed by atoms with Crippen molar-refractivity contribution < 1.29 is 5.11 Å². The standard InChI is InChI=1S/C12H14N2O/c1-9-3-4-11(8-15)12(7-9)14-6-5-10(2)13-14/h3-7,15H,8H2,1-2H3. The van der Waals surface area contributed by atoms with Crippen LogP contribution in [0.4, 0.5) is 0 Å². The van der Waals surface area contributed by atoms with Gasteiger partial charge in [-0.05, 0) is 31.5 Å². The quantitative estimate of drug-likeness (QED) is 0.808. The van der Waals surface area contributed by atoms with Crippen LogP contribution in [0, 0.1) is 13.8 Å². The van der Waals surface area contributed by atoms with Crippen molar-refractivity contribution in [1.82, 2.24) is 9.78 Å². The van der Waals surface area contributed by atoms with Crippen molar-refractivity contribution in [2.75, 3.05) is 0 Å². The van der Waals surface area contributed by atoms with E-state index in [9.17, 15) is 5.11 Å². The minimum absolute atomic E-state index is 0.0362. The fourth-order valence-corrected chi connectivity index (χ4v) is 1.57. The molecule has 0 radical (unpaired) electrons. The van der Waals surface area contributed by atoms with Crippen LogP contribution in [-0.4, -0.2) is 14.9 Å². The van der Waals surface area contributed by atoms with E-state index in [-0.39, 0.29) is 6.61 Å². The Balaban J connectivity index is 2.55. The smallest absolute Gasteiger partial charge is 0.0703 e. The summed E-state index contributed by atoms with van der Waals surface area (Å²) in [5, 5.41) is 13.6. The molecular weight excluding hydrogens is 188 g/mol. The van der Waals surface area contributed by atoms with E-state index in [0.717, 1.165) is 22.5 Å². The van der Waals surface area contributed by atoms with Crippen molar-refractivity contribution in [3.05, 3.63) is 47.3 Å². The second kappa shape index (κ2) is 3.87. The molecule has 78 valence electrons. The van der Waals surface area contributed by atoms with Gasteiger partial charge in [-0.2, -0.15) is 5.10 Å². The Kier molecular flexibility index (Phi) is 2.56. The van der Waals surface area contributed by atoms with Crippen LogP contribution in [0.1, 0.15) is 16.8 Å². The summed E-state index contributed by atoms with van der Waals surface area (Å²) in [6.45, 7) is 4.01. The lowest BCUT2D eigenvalue weighted by atomic mass is 10.1. The molecule has 0 fully saturated rings. The van der Waals surface area contributed by atoms with Gasteiger partial charge in [-0.3, -0.25) is 0 Å². The fraction of sp³-hybridized carbons (Fsp3) is 0.250. The number of benzene rings is 1. The Bertz CT molecular complexity index is 474. The van der Waals surface area contributed by atoms with Gasteiger partial charge in [0, 0.05) is 11.8 Å². The van der Waals surface area contributed by atoms with Crippen molar-refractivity contribution in [3.8, 4) is 5.69 Å². The number of hydrogen-bond acceptors (Lipinski definition) is 2. The molecule has 2 aromatic rings. The highest BCUT2D eigenvalue weighted by Crippen LogP contribution is 2.16. The average molecular weight is 202 g/mol. The van der Waals surface area contributed by atoms with E-state index in [1.54, 1.807) is 4.68 Å². The van der Waals surface area contributed by atoms with Crippen LogP contribution < -0.4 is 0 Å². The van der Waals surface area contributed by atoms with Crippen LogP contribution in [0.2, 0.25) is 0 Å². The van der Waals surface area contributed by atoms with Gasteiger partial charge < -0.3 is 5.11 Å². The molecule has 1 aromatic carbocycles. The van der Waals surface area contributed by atoms with Crippen LogP contribution in [0.5, 0.6) is 0 Å². The summed E-state index contributed by atoms with van der Waals surface area (Å²) in [6.07, 6.45) is 1.91. The molecule has 0 unspecified atom stereocenters. The molecule has 0 bridgehead atoms. The third-order valence-corrected chi connectivity index (χ3v) is 2.38. The maximum Gasteiger partial charge on any atom is 0.0703 e. The zero-order valence-electron chi connectivity index (χ0n) is 8.94. The molecule has 0 amide bonds. The molecular formula is C12H14N2O. The van der Waals surface area contributed by atoms with Crippen molar-refractivity contribution >= 4 is 0 Å². The van der Waals surface area contributed by atoms with Crippen LogP contribution in [0.3, 0.4) is 0 Å². The number of rotatable bonds is 2. The Labute approximate surface area is 89.0 Å². The summed E-state index contributed by atoms with van der Waals surface area (Å²) < 4.78 is 1.80. The lowest BCUT2D eigenvalue weighted by Crippen LogP contribution is -2.01. The summed E-state index contributed by atoms with van der Waals surface area (Å²) >= 11 is 0. The molecule has 0 atom stereocenters. The van der Waals surface area contributed by atoms with Gasteiger partial charge in [0.05, 0.1) is 18.0 Å². The van der Waals surface area contributed by atoms with Gasteiger partial charge in [-0.25, -0.2) is 4.68 Å². The molecule has 0 spiro atoms. The van der Waals surface area contributed by atoms with Gasteiger partial charge in [-0.1, -0.05) is 12.1 Å². The van der Waals surface area contributed by atoms with Crippen LogP contribution >= 0.6 is 0 Å². The third kappa shape index (κ3) is 1.92. The highest BCUT2D eigenvalue weighted by molar-refractivity contribution is 5.42. The lowest BCUT2D eigenvalue weighted by molar-refractivity contribution is 0.281. The van der Waals surface area contributed by atoms with Crippen LogP contribution in [-0.2, 0) is 6.61 Å². The average Bonchev–Trinajstić information content (AvgIpc) is 2.65. The fourth-order valence-electron chi connectivity index (χ4n) is 1.57. The molecule has 1 aromatic heterocycles. The molecule has 0 aliphatic heterocycles. The predicted molar refractivity (Wildman–Crippen MR) is 59.0 cm³/mol. The minimum atomic E-state index is 0.0362. The Morgan fingerprint density at radius 2 is 2.07 bits per heavy atom. The number of nitrogens with zero attached hydrogens (tertiary/aromatic N) is 2. The largest absolute Gasteiger partial charge is 0.392 e. The van der Waals surface area contributed by atoms with Gasteiger partial charge in [0.2, 0.25) is 0 Å². The van der Waals surface area contributed by atoms with Crippen molar-refractivity contribution in [2.24, 2.45) is 0 Å². The molecule has 1 N–H and O–H groups in total. The summed E-state index contributed by atoms with van der Waals surface area (Å²) in [4.78, 5) is 0. The molecule has 0 aliphatic rings. The second-order valence-electron chi connectivity index (χ2n) is 3.69. The number of aromatic nitrogens is 2. The predicted octanol–water partition coefficient (Wildman–Crippen LogP) is 1.98. The molecule has 2 rings (SSSR count). The number of aliphatic hydroxyl groups is 1. The van der Waals surface area contributed by atoms with E-state index in [2.05, 4.69) is 5.10 Å². The first-order valence-corrected chi connectivity index (χ1v) is 4.94. The topological polar surface area (TPSA) is 38.0 Å². The van der Waals surface area contributed by atoms with Crippen molar-refractivity contribution in [1.29, 1.82) is 0 Å². The van der Waals surface area contributed by atoms with E-state index >= 15 is 0 Å². The molecule has 3 nitrogen and oxygen atoms in total. The third-order valence-electron chi connectivity index (χ3n) is 2.38. The summed E-state index contributed by atoms with van der Waals surface area (Å²) in [7, 11) is 0. The van der Waals surface area contributed by atoms with E-state index in [1.807, 2.05) is 44.3 Å². The SMILES string of the molecule is Cc1ccc(CO)c(-n2ccc(C)n2)c1. The van der Waals surface area contributed by atoms with Crippen molar-refractivity contribution in [2.45, 2.75) is 20.5 Å². The maximum atomic E-state index is 9.24. The lowest BCUT2D eigenvalue weighted by Gasteiger charge is -2.08. The van der Waals surface area contributed by atoms with E-state index in [4.69, 9.17) is 0 Å². The minimum Gasteiger partial charge on any atom is -0.392 e. The Morgan fingerprint density at radius 1 is 1.27 bits per heavy atom. The van der Waals surface area contributed by atoms with Gasteiger partial charge >= 0.3 is 0 Å². The zero-order valence-corrected chi connectivity index (χ0v) is 8.94. The molecule has 0 aliphatic carbocycles. The maximum absolute atomic E-state index is 9.24. The van der Waals surface area contributed by atoms with Gasteiger partial charge in [0.25, 0.3) is 0 Å². The normalized spacial score (nSPS) is 10.6. The molecule has 1 heterocycles. The van der Waals surface area contributed by atoms with Gasteiger partial charge in [0.15, 0.2) is 0 Å². The first kappa shape index (κ1) is 9.93. The van der Waals surface area contributed by atoms with Gasteiger partial charge in [0.1, 0.15) is 0 Å². The zero-order chi connectivity index (χ0) is 10.8. The Hall–Kier alpha value is -1.61.